The molecule has 12 heteroatoms. The average molecular weight is 562 g/mol. The maximum atomic E-state index is 12.2. The first-order valence-corrected chi connectivity index (χ1v) is 14.7. The largest absolute Gasteiger partial charge is 0.343 e. The number of fused-ring (bicyclic) bond motifs is 1. The Balaban J connectivity index is 0.000000508. The van der Waals surface area contributed by atoms with E-state index in [2.05, 4.69) is 27.5 Å². The average Bonchev–Trinajstić information content (AvgIpc) is 2.82. The third-order valence-electron chi connectivity index (χ3n) is 6.66. The van der Waals surface area contributed by atoms with Gasteiger partial charge in [-0.05, 0) is 63.6 Å². The molecule has 216 valence electrons. The zero-order chi connectivity index (χ0) is 28.2. The highest BCUT2D eigenvalue weighted by molar-refractivity contribution is 7.90. The molecular weight excluding hydrogens is 518 g/mol. The third-order valence-corrected chi connectivity index (χ3v) is 7.75. The van der Waals surface area contributed by atoms with Gasteiger partial charge in [0.1, 0.15) is 5.69 Å². The van der Waals surface area contributed by atoms with Crippen LogP contribution in [-0.4, -0.2) is 62.1 Å². The minimum Gasteiger partial charge on any atom is -0.343 e. The lowest BCUT2D eigenvalue weighted by Gasteiger charge is -2.36. The fourth-order valence-electron chi connectivity index (χ4n) is 4.34. The van der Waals surface area contributed by atoms with E-state index in [-0.39, 0.29) is 42.7 Å². The number of nitrogens with one attached hydrogen (secondary N) is 2. The van der Waals surface area contributed by atoms with Crippen molar-refractivity contribution in [2.45, 2.75) is 77.8 Å². The second kappa shape index (κ2) is 13.2. The number of rotatable bonds is 5. The van der Waals surface area contributed by atoms with Gasteiger partial charge in [0.2, 0.25) is 17.8 Å². The molecule has 1 fully saturated rings. The maximum Gasteiger partial charge on any atom is 0.246 e. The van der Waals surface area contributed by atoms with E-state index in [1.807, 2.05) is 18.7 Å². The Bertz CT molecular complexity index is 1260. The number of aromatic nitrogens is 2. The Morgan fingerprint density at radius 2 is 1.74 bits per heavy atom. The molecule has 2 heterocycles. The number of nitrogens with zero attached hydrogens (tertiary/aromatic N) is 4. The smallest absolute Gasteiger partial charge is 0.246 e. The van der Waals surface area contributed by atoms with Gasteiger partial charge >= 0.3 is 0 Å². The Hall–Kier alpha value is -3.25. The van der Waals surface area contributed by atoms with Crippen molar-refractivity contribution >= 4 is 50.5 Å². The second-order valence-corrected chi connectivity index (χ2v) is 12.4. The van der Waals surface area contributed by atoms with E-state index in [0.717, 1.165) is 12.2 Å². The van der Waals surface area contributed by atoms with Crippen LogP contribution in [0.15, 0.2) is 29.3 Å². The summed E-state index contributed by atoms with van der Waals surface area (Å²) in [6, 6.07) is 4.99. The van der Waals surface area contributed by atoms with Gasteiger partial charge in [-0.1, -0.05) is 14.4 Å². The van der Waals surface area contributed by atoms with Gasteiger partial charge in [0.05, 0.1) is 17.6 Å². The fourth-order valence-corrected chi connectivity index (χ4v) is 5.02. The van der Waals surface area contributed by atoms with Crippen LogP contribution in [0.1, 0.15) is 60.8 Å². The monoisotopic (exact) mass is 561 g/mol. The number of carbonyl (C=O) groups is 2. The Morgan fingerprint density at radius 1 is 1.13 bits per heavy atom. The number of sulfone groups is 1. The van der Waals surface area contributed by atoms with Crippen LogP contribution in [0.5, 0.6) is 0 Å². The molecule has 4 N–H and O–H groups in total. The van der Waals surface area contributed by atoms with Crippen LogP contribution >= 0.6 is 0 Å². The summed E-state index contributed by atoms with van der Waals surface area (Å²) in [5.41, 5.74) is 7.02. The van der Waals surface area contributed by atoms with Gasteiger partial charge in [-0.2, -0.15) is 4.98 Å². The first-order chi connectivity index (χ1) is 17.7. The molecule has 0 saturated heterocycles. The molecule has 1 saturated carbocycles. The zero-order valence-corrected chi connectivity index (χ0v) is 23.8. The molecule has 1 aliphatic carbocycles. The van der Waals surface area contributed by atoms with Gasteiger partial charge in [-0.3, -0.25) is 9.59 Å². The number of amides is 2. The van der Waals surface area contributed by atoms with Crippen LogP contribution in [0.2, 0.25) is 0 Å². The van der Waals surface area contributed by atoms with E-state index >= 15 is 0 Å². The number of hydrogen-bond acceptors (Lipinski definition) is 9. The highest BCUT2D eigenvalue weighted by atomic mass is 32.2. The van der Waals surface area contributed by atoms with Crippen LogP contribution in [0, 0.1) is 5.92 Å². The van der Waals surface area contributed by atoms with Crippen molar-refractivity contribution in [3.63, 3.8) is 0 Å². The molecule has 2 aliphatic rings. The van der Waals surface area contributed by atoms with Crippen LogP contribution in [0.25, 0.3) is 0 Å². The number of nitrogens with two attached hydrogens (primary N) is 1. The summed E-state index contributed by atoms with van der Waals surface area (Å²) in [7, 11) is -1.84. The lowest BCUT2D eigenvalue weighted by molar-refractivity contribution is -0.117. The first-order valence-electron chi connectivity index (χ1n) is 12.8. The van der Waals surface area contributed by atoms with E-state index in [0.29, 0.717) is 28.9 Å². The predicted octanol–water partition coefficient (Wildman–Crippen LogP) is 3.93. The van der Waals surface area contributed by atoms with E-state index in [4.69, 9.17) is 5.73 Å². The molecule has 1 aliphatic heterocycles. The van der Waals surface area contributed by atoms with Crippen molar-refractivity contribution in [3.05, 3.63) is 24.4 Å². The molecule has 2 aromatic rings. The third kappa shape index (κ3) is 8.62. The summed E-state index contributed by atoms with van der Waals surface area (Å²) in [6.45, 7) is 7.78. The molecule has 0 radical (unpaired) electrons. The van der Waals surface area contributed by atoms with Crippen LogP contribution in [-0.2, 0) is 19.4 Å². The number of anilines is 5. The quantitative estimate of drug-likeness (QED) is 0.493. The summed E-state index contributed by atoms with van der Waals surface area (Å²) in [5.74, 6) is 1.40. The topological polar surface area (TPSA) is 151 Å². The van der Waals surface area contributed by atoms with Crippen molar-refractivity contribution in [1.29, 1.82) is 0 Å². The highest BCUT2D eigenvalue weighted by Crippen LogP contribution is 2.33. The standard InChI is InChI=1S/C19H24N6O4S.C7H15N.CH4/c1-11(2)25-10-17(27)24(4)16-9-20-19(23-18(16)25)22-14-6-13(21-12(3)26)7-15(8-14)30(5,28)29;1-6-2-4-7(8)5-3-6;/h6-9,11H,10H2,1-5H3,(H,21,26)(H,20,22,23);6-7H,2-5,8H2,1H3;1H4. The molecule has 0 unspecified atom stereocenters. The predicted molar refractivity (Wildman–Crippen MR) is 157 cm³/mol. The number of hydrogen-bond donors (Lipinski definition) is 3. The van der Waals surface area contributed by atoms with Gasteiger partial charge in [-0.25, -0.2) is 13.4 Å². The van der Waals surface area contributed by atoms with Gasteiger partial charge in [-0.15, -0.1) is 0 Å². The molecule has 1 aromatic heterocycles. The molecule has 0 spiro atoms. The molecule has 4 rings (SSSR count). The zero-order valence-electron chi connectivity index (χ0n) is 23.0. The summed E-state index contributed by atoms with van der Waals surface area (Å²) in [5, 5.41) is 5.59. The van der Waals surface area contributed by atoms with Crippen LogP contribution in [0.4, 0.5) is 28.8 Å². The Kier molecular flexibility index (Phi) is 10.8. The van der Waals surface area contributed by atoms with Crippen molar-refractivity contribution in [1.82, 2.24) is 9.97 Å². The lowest BCUT2D eigenvalue weighted by atomic mass is 9.88. The highest BCUT2D eigenvalue weighted by Gasteiger charge is 2.30. The van der Waals surface area contributed by atoms with E-state index < -0.39 is 9.84 Å². The van der Waals surface area contributed by atoms with Gasteiger partial charge < -0.3 is 26.2 Å². The minimum atomic E-state index is -3.51. The van der Waals surface area contributed by atoms with Crippen molar-refractivity contribution in [2.75, 3.05) is 40.3 Å². The summed E-state index contributed by atoms with van der Waals surface area (Å²) < 4.78 is 24.1. The molecule has 39 heavy (non-hydrogen) atoms. The van der Waals surface area contributed by atoms with E-state index in [1.165, 1.54) is 49.6 Å². The molecule has 2 amide bonds. The van der Waals surface area contributed by atoms with Crippen molar-refractivity contribution in [3.8, 4) is 0 Å². The summed E-state index contributed by atoms with van der Waals surface area (Å²) in [6.07, 6.45) is 7.84. The van der Waals surface area contributed by atoms with Gasteiger partial charge in [0.25, 0.3) is 0 Å². The number of benzene rings is 1. The lowest BCUT2D eigenvalue weighted by Crippen LogP contribution is -2.47. The number of carbonyl (C=O) groups excluding carboxylic acids is 2. The molecule has 1 aromatic carbocycles. The SMILES string of the molecule is C.CC(=O)Nc1cc(Nc2ncc3c(n2)N(C(C)C)CC(=O)N3C)cc(S(C)(=O)=O)c1.CC1CCC(N)CC1. The molecular formula is C27H43N7O4S. The van der Waals surface area contributed by atoms with E-state index in [1.54, 1.807) is 19.3 Å². The van der Waals surface area contributed by atoms with Gasteiger partial charge in [0.15, 0.2) is 15.7 Å². The Morgan fingerprint density at radius 3 is 2.28 bits per heavy atom. The number of likely N-dealkylation sites (N-methyl/N-ethyl adjacent to an activating group) is 1. The molecule has 11 nitrogen and oxygen atoms in total. The van der Waals surface area contributed by atoms with Gasteiger partial charge in [0, 0.05) is 43.7 Å². The fraction of sp³-hybridized carbons (Fsp3) is 0.556. The van der Waals surface area contributed by atoms with Crippen molar-refractivity contribution in [2.24, 2.45) is 11.7 Å². The normalized spacial score (nSPS) is 18.9. The van der Waals surface area contributed by atoms with E-state index in [9.17, 15) is 18.0 Å². The van der Waals surface area contributed by atoms with Crippen LogP contribution < -0.4 is 26.2 Å². The summed E-state index contributed by atoms with van der Waals surface area (Å²) in [4.78, 5) is 35.9. The van der Waals surface area contributed by atoms with Crippen molar-refractivity contribution < 1.29 is 18.0 Å². The Labute approximate surface area is 232 Å². The maximum absolute atomic E-state index is 12.2. The molecule has 0 bridgehead atoms. The van der Waals surface area contributed by atoms with Crippen LogP contribution in [0.3, 0.4) is 0 Å². The minimum absolute atomic E-state index is 0. The summed E-state index contributed by atoms with van der Waals surface area (Å²) >= 11 is 0. The first kappa shape index (κ1) is 32.0. The molecule has 0 atom stereocenters. The second-order valence-electron chi connectivity index (χ2n) is 10.4.